The highest BCUT2D eigenvalue weighted by atomic mass is 32.1. The number of aromatic nitrogens is 2. The predicted molar refractivity (Wildman–Crippen MR) is 55.6 cm³/mol. The van der Waals surface area contributed by atoms with Crippen LogP contribution in [0.4, 0.5) is 0 Å². The summed E-state index contributed by atoms with van der Waals surface area (Å²) in [6.07, 6.45) is 2.82. The van der Waals surface area contributed by atoms with Gasteiger partial charge in [0.25, 0.3) is 5.19 Å². The molecule has 1 fully saturated rings. The molecule has 1 aromatic heterocycles. The molecule has 1 saturated heterocycles. The van der Waals surface area contributed by atoms with Crippen LogP contribution in [0.5, 0.6) is 5.19 Å². The third-order valence-corrected chi connectivity index (χ3v) is 3.18. The van der Waals surface area contributed by atoms with E-state index < -0.39 is 0 Å². The van der Waals surface area contributed by atoms with Gasteiger partial charge in [-0.2, -0.15) is 9.36 Å². The molecule has 2 rings (SSSR count). The molecular weight excluding hydrogens is 198 g/mol. The van der Waals surface area contributed by atoms with Crippen molar-refractivity contribution < 1.29 is 4.74 Å². The molecule has 14 heavy (non-hydrogen) atoms. The van der Waals surface area contributed by atoms with E-state index in [4.69, 9.17) is 4.74 Å². The maximum Gasteiger partial charge on any atom is 0.293 e. The van der Waals surface area contributed by atoms with Crippen molar-refractivity contribution in [3.8, 4) is 5.19 Å². The van der Waals surface area contributed by atoms with Crippen LogP contribution in [0.2, 0.25) is 0 Å². The fraction of sp³-hybridized carbons (Fsp3) is 0.778. The maximum atomic E-state index is 5.82. The van der Waals surface area contributed by atoms with Gasteiger partial charge in [-0.25, -0.2) is 0 Å². The summed E-state index contributed by atoms with van der Waals surface area (Å²) in [6, 6.07) is 0. The van der Waals surface area contributed by atoms with E-state index in [-0.39, 0.29) is 11.5 Å². The molecule has 0 spiro atoms. The van der Waals surface area contributed by atoms with Gasteiger partial charge in [-0.05, 0) is 13.0 Å². The molecular formula is C9H15N3OS. The number of ether oxygens (including phenoxy) is 1. The Morgan fingerprint density at radius 1 is 1.64 bits per heavy atom. The number of hydrogen-bond acceptors (Lipinski definition) is 5. The average Bonchev–Trinajstić information content (AvgIpc) is 2.61. The number of rotatable bonds is 2. The minimum Gasteiger partial charge on any atom is -0.465 e. The Morgan fingerprint density at radius 2 is 2.50 bits per heavy atom. The molecule has 0 amide bonds. The Bertz CT molecular complexity index is 286. The van der Waals surface area contributed by atoms with Crippen molar-refractivity contribution in [2.75, 3.05) is 13.1 Å². The molecule has 78 valence electrons. The Hall–Kier alpha value is -0.680. The Morgan fingerprint density at radius 3 is 3.14 bits per heavy atom. The van der Waals surface area contributed by atoms with Gasteiger partial charge < -0.3 is 10.1 Å². The molecule has 1 atom stereocenters. The Balaban J connectivity index is 2.02. The molecule has 0 bridgehead atoms. The standard InChI is InChI=1S/C9H15N3OS/c1-9(2)5-10-4-3-7(9)13-8-11-6-12-14-8/h6-7,10H,3-5H2,1-2H3. The van der Waals surface area contributed by atoms with E-state index >= 15 is 0 Å². The second kappa shape index (κ2) is 3.82. The van der Waals surface area contributed by atoms with E-state index in [1.165, 1.54) is 17.9 Å². The van der Waals surface area contributed by atoms with E-state index in [0.29, 0.717) is 5.19 Å². The lowest BCUT2D eigenvalue weighted by atomic mass is 9.82. The molecule has 0 saturated carbocycles. The molecule has 0 radical (unpaired) electrons. The zero-order chi connectivity index (χ0) is 10.0. The second-order valence-corrected chi connectivity index (χ2v) is 5.01. The van der Waals surface area contributed by atoms with Crippen LogP contribution in [0.3, 0.4) is 0 Å². The minimum absolute atomic E-state index is 0.171. The van der Waals surface area contributed by atoms with E-state index in [9.17, 15) is 0 Å². The third-order valence-electron chi connectivity index (χ3n) is 2.62. The van der Waals surface area contributed by atoms with Crippen LogP contribution in [0.25, 0.3) is 0 Å². The first kappa shape index (κ1) is 9.86. The smallest absolute Gasteiger partial charge is 0.293 e. The highest BCUT2D eigenvalue weighted by Crippen LogP contribution is 2.29. The maximum absolute atomic E-state index is 5.82. The van der Waals surface area contributed by atoms with E-state index in [0.717, 1.165) is 19.5 Å². The lowest BCUT2D eigenvalue weighted by Crippen LogP contribution is -2.48. The fourth-order valence-corrected chi connectivity index (χ4v) is 2.14. The quantitative estimate of drug-likeness (QED) is 0.804. The van der Waals surface area contributed by atoms with Gasteiger partial charge in [0.2, 0.25) is 0 Å². The van der Waals surface area contributed by atoms with Crippen LogP contribution in [-0.2, 0) is 0 Å². The monoisotopic (exact) mass is 213 g/mol. The highest BCUT2D eigenvalue weighted by Gasteiger charge is 2.34. The van der Waals surface area contributed by atoms with Crippen molar-refractivity contribution in [3.63, 3.8) is 0 Å². The van der Waals surface area contributed by atoms with E-state index in [2.05, 4.69) is 28.5 Å². The predicted octanol–water partition coefficient (Wildman–Crippen LogP) is 1.31. The molecule has 5 heteroatoms. The summed E-state index contributed by atoms with van der Waals surface area (Å²) in [6.45, 7) is 6.44. The number of nitrogens with one attached hydrogen (secondary N) is 1. The number of hydrogen-bond donors (Lipinski definition) is 1. The van der Waals surface area contributed by atoms with E-state index in [1.54, 1.807) is 0 Å². The van der Waals surface area contributed by atoms with Gasteiger partial charge in [-0.3, -0.25) is 0 Å². The van der Waals surface area contributed by atoms with Gasteiger partial charge in [0, 0.05) is 23.5 Å². The average molecular weight is 213 g/mol. The molecule has 0 aliphatic carbocycles. The van der Waals surface area contributed by atoms with Crippen LogP contribution >= 0.6 is 11.5 Å². The summed E-state index contributed by atoms with van der Waals surface area (Å²) in [5.74, 6) is 0. The summed E-state index contributed by atoms with van der Waals surface area (Å²) in [5, 5.41) is 4.06. The fourth-order valence-electron chi connectivity index (χ4n) is 1.70. The van der Waals surface area contributed by atoms with Crippen molar-refractivity contribution >= 4 is 11.5 Å². The first-order chi connectivity index (χ1) is 6.68. The largest absolute Gasteiger partial charge is 0.465 e. The van der Waals surface area contributed by atoms with Crippen molar-refractivity contribution in [3.05, 3.63) is 6.33 Å². The Labute approximate surface area is 87.9 Å². The molecule has 4 nitrogen and oxygen atoms in total. The summed E-state index contributed by atoms with van der Waals surface area (Å²) >= 11 is 1.31. The van der Waals surface area contributed by atoms with Gasteiger partial charge in [0.15, 0.2) is 0 Å². The highest BCUT2D eigenvalue weighted by molar-refractivity contribution is 7.07. The molecule has 1 aromatic rings. The lowest BCUT2D eigenvalue weighted by Gasteiger charge is -2.37. The van der Waals surface area contributed by atoms with E-state index in [1.807, 2.05) is 0 Å². The Kier molecular flexibility index (Phi) is 2.69. The summed E-state index contributed by atoms with van der Waals surface area (Å²) < 4.78 is 9.74. The van der Waals surface area contributed by atoms with Gasteiger partial charge in [0.05, 0.1) is 0 Å². The summed E-state index contributed by atoms with van der Waals surface area (Å²) in [4.78, 5) is 4.04. The lowest BCUT2D eigenvalue weighted by molar-refractivity contribution is 0.0449. The van der Waals surface area contributed by atoms with Crippen molar-refractivity contribution in [1.29, 1.82) is 0 Å². The van der Waals surface area contributed by atoms with Gasteiger partial charge >= 0.3 is 0 Å². The normalized spacial score (nSPS) is 26.0. The van der Waals surface area contributed by atoms with Crippen molar-refractivity contribution in [1.82, 2.24) is 14.7 Å². The molecule has 2 heterocycles. The minimum atomic E-state index is 0.171. The van der Waals surface area contributed by atoms with Crippen molar-refractivity contribution in [2.24, 2.45) is 5.41 Å². The van der Waals surface area contributed by atoms with Crippen molar-refractivity contribution in [2.45, 2.75) is 26.4 Å². The molecule has 1 aliphatic heterocycles. The molecule has 1 unspecified atom stereocenters. The van der Waals surface area contributed by atoms with Gasteiger partial charge in [-0.15, -0.1) is 0 Å². The van der Waals surface area contributed by atoms with Crippen LogP contribution in [0.1, 0.15) is 20.3 Å². The van der Waals surface area contributed by atoms with Crippen LogP contribution in [-0.4, -0.2) is 28.6 Å². The number of nitrogens with zero attached hydrogens (tertiary/aromatic N) is 2. The summed E-state index contributed by atoms with van der Waals surface area (Å²) in [5.41, 5.74) is 0.171. The summed E-state index contributed by atoms with van der Waals surface area (Å²) in [7, 11) is 0. The number of piperidine rings is 1. The van der Waals surface area contributed by atoms with Gasteiger partial charge in [0.1, 0.15) is 12.4 Å². The molecule has 1 aliphatic rings. The zero-order valence-electron chi connectivity index (χ0n) is 8.49. The zero-order valence-corrected chi connectivity index (χ0v) is 9.30. The van der Waals surface area contributed by atoms with Crippen LogP contribution in [0.15, 0.2) is 6.33 Å². The van der Waals surface area contributed by atoms with Crippen LogP contribution < -0.4 is 10.1 Å². The van der Waals surface area contributed by atoms with Gasteiger partial charge in [-0.1, -0.05) is 13.8 Å². The molecule has 1 N–H and O–H groups in total. The SMILES string of the molecule is CC1(C)CNCCC1Oc1ncns1. The second-order valence-electron chi connectivity index (χ2n) is 4.27. The van der Waals surface area contributed by atoms with Crippen LogP contribution in [0, 0.1) is 5.41 Å². The third kappa shape index (κ3) is 2.04. The first-order valence-electron chi connectivity index (χ1n) is 4.82. The molecule has 0 aromatic carbocycles. The topological polar surface area (TPSA) is 47.0 Å². The first-order valence-corrected chi connectivity index (χ1v) is 5.60.